The fourth-order valence-electron chi connectivity index (χ4n) is 11.4. The van der Waals surface area contributed by atoms with Gasteiger partial charge < -0.3 is 5.11 Å². The zero-order valence-corrected chi connectivity index (χ0v) is 21.9. The lowest BCUT2D eigenvalue weighted by atomic mass is 9.32. The lowest BCUT2D eigenvalue weighted by Crippen LogP contribution is -2.69. The van der Waals surface area contributed by atoms with Gasteiger partial charge in [0.1, 0.15) is 5.78 Å². The number of Topliss-reactive ketones (excluding diaryl/α,β-unsaturated/α-hetero) is 1. The largest absolute Gasteiger partial charge is 0.393 e. The monoisotopic (exact) mass is 440 g/mol. The number of rotatable bonds is 1. The first-order valence-corrected chi connectivity index (χ1v) is 13.6. The number of allylic oxidation sites excluding steroid dienone is 1. The van der Waals surface area contributed by atoms with E-state index in [-0.39, 0.29) is 27.8 Å². The van der Waals surface area contributed by atoms with Gasteiger partial charge >= 0.3 is 0 Å². The van der Waals surface area contributed by atoms with Gasteiger partial charge in [-0.1, -0.05) is 53.7 Å². The number of aliphatic hydroxyl groups excluding tert-OH is 1. The fraction of sp³-hybridized carbons (Fsp3) is 0.900. The minimum Gasteiger partial charge on any atom is -0.393 e. The minimum atomic E-state index is -0.257. The quantitative estimate of drug-likeness (QED) is 0.438. The minimum absolute atomic E-state index is 0.0575. The van der Waals surface area contributed by atoms with E-state index in [0.29, 0.717) is 47.2 Å². The van der Waals surface area contributed by atoms with Crippen LogP contribution in [0, 0.1) is 56.7 Å². The number of hydrogen-bond donors (Lipinski definition) is 1. The summed E-state index contributed by atoms with van der Waals surface area (Å²) in [4.78, 5) is 12.9. The Balaban J connectivity index is 1.59. The smallest absolute Gasteiger partial charge is 0.138 e. The first kappa shape index (κ1) is 23.1. The third-order valence-corrected chi connectivity index (χ3v) is 13.2. The van der Waals surface area contributed by atoms with Crippen molar-refractivity contribution in [2.75, 3.05) is 0 Å². The Morgan fingerprint density at radius 2 is 1.62 bits per heavy atom. The second kappa shape index (κ2) is 6.73. The van der Waals surface area contributed by atoms with Gasteiger partial charge in [0.25, 0.3) is 0 Å². The van der Waals surface area contributed by atoms with Gasteiger partial charge in [-0.25, -0.2) is 0 Å². The molecule has 180 valence electrons. The highest BCUT2D eigenvalue weighted by molar-refractivity contribution is 5.85. The average Bonchev–Trinajstić information content (AvgIpc) is 3.05. The van der Waals surface area contributed by atoms with Crippen molar-refractivity contribution in [1.82, 2.24) is 0 Å². The SMILES string of the molecule is C=C(C)[C@@H]1CC[C@]2(C)CC[C@]3(C)[C@H](C[C@@H](O)[C@@H]4[C@@]5(C)CCC(=O)C(C)(C)[C@@H]5CC[C@]43C)[C@@H]12. The van der Waals surface area contributed by atoms with Gasteiger partial charge in [0, 0.05) is 11.8 Å². The molecule has 0 amide bonds. The molecule has 0 radical (unpaired) electrons. The van der Waals surface area contributed by atoms with Crippen molar-refractivity contribution < 1.29 is 9.90 Å². The van der Waals surface area contributed by atoms with Crippen LogP contribution in [-0.4, -0.2) is 17.0 Å². The fourth-order valence-corrected chi connectivity index (χ4v) is 11.4. The van der Waals surface area contributed by atoms with Crippen molar-refractivity contribution in [1.29, 1.82) is 0 Å². The van der Waals surface area contributed by atoms with Crippen molar-refractivity contribution in [3.63, 3.8) is 0 Å². The van der Waals surface area contributed by atoms with Crippen LogP contribution in [0.15, 0.2) is 12.2 Å². The molecule has 0 aliphatic heterocycles. The van der Waals surface area contributed by atoms with Crippen LogP contribution >= 0.6 is 0 Å². The molecule has 5 rings (SSSR count). The van der Waals surface area contributed by atoms with Gasteiger partial charge in [-0.2, -0.15) is 0 Å². The van der Waals surface area contributed by atoms with Gasteiger partial charge in [-0.15, -0.1) is 0 Å². The summed E-state index contributed by atoms with van der Waals surface area (Å²) in [6.45, 7) is 21.3. The molecule has 5 fully saturated rings. The Morgan fingerprint density at radius 1 is 0.938 bits per heavy atom. The summed E-state index contributed by atoms with van der Waals surface area (Å²) in [6, 6.07) is 0. The van der Waals surface area contributed by atoms with Gasteiger partial charge in [-0.3, -0.25) is 4.79 Å². The molecule has 2 nitrogen and oxygen atoms in total. The van der Waals surface area contributed by atoms with Crippen molar-refractivity contribution in [2.24, 2.45) is 56.7 Å². The maximum absolute atomic E-state index is 12.9. The topological polar surface area (TPSA) is 37.3 Å². The average molecular weight is 441 g/mol. The summed E-state index contributed by atoms with van der Waals surface area (Å²) in [5.74, 6) is 3.02. The number of hydrogen-bond acceptors (Lipinski definition) is 2. The first-order chi connectivity index (χ1) is 14.7. The Morgan fingerprint density at radius 3 is 2.28 bits per heavy atom. The van der Waals surface area contributed by atoms with Crippen molar-refractivity contribution in [3.05, 3.63) is 12.2 Å². The van der Waals surface area contributed by atoms with Crippen LogP contribution in [0.4, 0.5) is 0 Å². The summed E-state index contributed by atoms with van der Waals surface area (Å²) in [6.07, 6.45) is 9.92. The Hall–Kier alpha value is -0.630. The predicted molar refractivity (Wildman–Crippen MR) is 131 cm³/mol. The normalized spacial score (nSPS) is 56.6. The van der Waals surface area contributed by atoms with Gasteiger partial charge in [0.05, 0.1) is 6.10 Å². The molecule has 0 saturated heterocycles. The molecule has 0 spiro atoms. The number of ketones is 1. The zero-order chi connectivity index (χ0) is 23.5. The molecule has 2 heteroatoms. The Kier molecular flexibility index (Phi) is 4.87. The Bertz CT molecular complexity index is 842. The highest BCUT2D eigenvalue weighted by atomic mass is 16.3. The summed E-state index contributed by atoms with van der Waals surface area (Å²) in [5.41, 5.74) is 1.99. The first-order valence-electron chi connectivity index (χ1n) is 13.6. The number of carbonyl (C=O) groups is 1. The van der Waals surface area contributed by atoms with Crippen LogP contribution in [0.5, 0.6) is 0 Å². The molecular formula is C30H48O2. The van der Waals surface area contributed by atoms with Crippen LogP contribution in [0.25, 0.3) is 0 Å². The molecule has 1 N–H and O–H groups in total. The summed E-state index contributed by atoms with van der Waals surface area (Å²) >= 11 is 0. The van der Waals surface area contributed by atoms with Crippen LogP contribution < -0.4 is 0 Å². The van der Waals surface area contributed by atoms with Crippen molar-refractivity contribution in [3.8, 4) is 0 Å². The van der Waals surface area contributed by atoms with E-state index in [0.717, 1.165) is 19.3 Å². The molecule has 0 heterocycles. The summed E-state index contributed by atoms with van der Waals surface area (Å²) in [5, 5.41) is 12.0. The molecule has 5 aliphatic rings. The molecule has 32 heavy (non-hydrogen) atoms. The van der Waals surface area contributed by atoms with E-state index in [1.807, 2.05) is 0 Å². The van der Waals surface area contributed by atoms with E-state index in [4.69, 9.17) is 0 Å². The van der Waals surface area contributed by atoms with Gasteiger partial charge in [-0.05, 0) is 110 Å². The van der Waals surface area contributed by atoms with Crippen molar-refractivity contribution in [2.45, 2.75) is 112 Å². The zero-order valence-electron chi connectivity index (χ0n) is 21.9. The molecule has 0 aromatic rings. The number of fused-ring (bicyclic) bond motifs is 7. The van der Waals surface area contributed by atoms with Crippen molar-refractivity contribution >= 4 is 5.78 Å². The van der Waals surface area contributed by atoms with Crippen LogP contribution in [0.2, 0.25) is 0 Å². The van der Waals surface area contributed by atoms with E-state index in [2.05, 4.69) is 55.0 Å². The van der Waals surface area contributed by atoms with E-state index < -0.39 is 0 Å². The second-order valence-corrected chi connectivity index (χ2v) is 14.6. The molecule has 10 atom stereocenters. The molecule has 5 aliphatic carbocycles. The lowest BCUT2D eigenvalue weighted by molar-refractivity contribution is -0.264. The third kappa shape index (κ3) is 2.60. The molecule has 0 aromatic carbocycles. The van der Waals surface area contributed by atoms with Crippen LogP contribution in [-0.2, 0) is 4.79 Å². The Labute approximate surface area is 197 Å². The van der Waals surface area contributed by atoms with E-state index in [1.54, 1.807) is 0 Å². The highest BCUT2D eigenvalue weighted by Gasteiger charge is 2.72. The third-order valence-electron chi connectivity index (χ3n) is 13.2. The number of carbonyl (C=O) groups excluding carboxylic acids is 1. The highest BCUT2D eigenvalue weighted by Crippen LogP contribution is 2.77. The van der Waals surface area contributed by atoms with Crippen LogP contribution in [0.3, 0.4) is 0 Å². The van der Waals surface area contributed by atoms with E-state index in [9.17, 15) is 9.90 Å². The lowest BCUT2D eigenvalue weighted by Gasteiger charge is -2.73. The molecule has 0 unspecified atom stereocenters. The second-order valence-electron chi connectivity index (χ2n) is 14.6. The van der Waals surface area contributed by atoms with Gasteiger partial charge in [0.15, 0.2) is 0 Å². The number of aliphatic hydroxyl groups is 1. The van der Waals surface area contributed by atoms with Crippen LogP contribution in [0.1, 0.15) is 106 Å². The summed E-state index contributed by atoms with van der Waals surface area (Å²) < 4.78 is 0. The molecule has 0 aromatic heterocycles. The van der Waals surface area contributed by atoms with E-state index in [1.165, 1.54) is 37.7 Å². The maximum atomic E-state index is 12.9. The molecule has 5 saturated carbocycles. The molecule has 0 bridgehead atoms. The standard InChI is InChI=1S/C30H48O2/c1-18(2)19-9-12-27(5)15-16-29(7)20(24(19)27)17-21(31)25-28(6)13-11-23(32)26(3,4)22(28)10-14-30(25,29)8/h19-22,24-25,31H,1,9-17H2,2-8H3/t19-,20+,21+,22-,24+,25+,27+,28-,29+,30+/m0/s1. The predicted octanol–water partition coefficient (Wildman–Crippen LogP) is 7.20. The van der Waals surface area contributed by atoms with E-state index >= 15 is 0 Å². The van der Waals surface area contributed by atoms with Gasteiger partial charge in [0.2, 0.25) is 0 Å². The maximum Gasteiger partial charge on any atom is 0.138 e. The summed E-state index contributed by atoms with van der Waals surface area (Å²) in [7, 11) is 0. The molecular weight excluding hydrogens is 392 g/mol.